The number of hydrogen-bond acceptors (Lipinski definition) is 2. The van der Waals surface area contributed by atoms with Crippen molar-refractivity contribution in [3.63, 3.8) is 0 Å². The van der Waals surface area contributed by atoms with Gasteiger partial charge in [-0.05, 0) is 24.0 Å². The van der Waals surface area contributed by atoms with Gasteiger partial charge in [0.1, 0.15) is 6.04 Å². The molecule has 0 bridgehead atoms. The predicted octanol–water partition coefficient (Wildman–Crippen LogP) is 2.66. The summed E-state index contributed by atoms with van der Waals surface area (Å²) in [6.07, 6.45) is 0.975. The van der Waals surface area contributed by atoms with E-state index in [2.05, 4.69) is 32.2 Å². The normalized spacial score (nSPS) is 19.2. The van der Waals surface area contributed by atoms with Crippen LogP contribution in [0.5, 0.6) is 0 Å². The first-order chi connectivity index (χ1) is 8.06. The molecule has 2 rings (SSSR count). The molecule has 17 heavy (non-hydrogen) atoms. The highest BCUT2D eigenvalue weighted by Gasteiger charge is 2.32. The summed E-state index contributed by atoms with van der Waals surface area (Å²) in [4.78, 5) is 14.0. The molecule has 0 radical (unpaired) electrons. The summed E-state index contributed by atoms with van der Waals surface area (Å²) >= 11 is 0. The molecule has 0 saturated heterocycles. The molecule has 1 amide bonds. The number of carbonyl (C=O) groups is 1. The molecule has 0 fully saturated rings. The number of rotatable bonds is 2. The van der Waals surface area contributed by atoms with Gasteiger partial charge in [-0.1, -0.05) is 32.9 Å². The number of anilines is 2. The smallest absolute Gasteiger partial charge is 0.249 e. The minimum atomic E-state index is -0.111. The number of nitrogens with one attached hydrogen (secondary N) is 1. The quantitative estimate of drug-likeness (QED) is 0.850. The van der Waals surface area contributed by atoms with Gasteiger partial charge in [-0.2, -0.15) is 0 Å². The fraction of sp³-hybridized carbons (Fsp3) is 0.500. The van der Waals surface area contributed by atoms with E-state index in [-0.39, 0.29) is 11.9 Å². The second-order valence-electron chi connectivity index (χ2n) is 4.93. The summed E-state index contributed by atoms with van der Waals surface area (Å²) in [5.74, 6) is 0.448. The van der Waals surface area contributed by atoms with Crippen molar-refractivity contribution in [3.8, 4) is 0 Å². The summed E-state index contributed by atoms with van der Waals surface area (Å²) in [6, 6.07) is 6.02. The Labute approximate surface area is 103 Å². The van der Waals surface area contributed by atoms with Gasteiger partial charge in [-0.25, -0.2) is 0 Å². The maximum atomic E-state index is 12.2. The number of nitrogens with zero attached hydrogens (tertiary/aromatic N) is 1. The number of likely N-dealkylation sites (N-methyl/N-ethyl adjacent to an activating group) is 1. The van der Waals surface area contributed by atoms with Crippen LogP contribution < -0.4 is 10.2 Å². The van der Waals surface area contributed by atoms with Crippen LogP contribution in [0.4, 0.5) is 11.4 Å². The Kier molecular flexibility index (Phi) is 3.09. The van der Waals surface area contributed by atoms with E-state index in [1.54, 1.807) is 4.90 Å². The lowest BCUT2D eigenvalue weighted by Gasteiger charge is -2.36. The summed E-state index contributed by atoms with van der Waals surface area (Å²) in [5, 5.41) is 3.40. The van der Waals surface area contributed by atoms with Crippen LogP contribution in [0, 0.1) is 5.92 Å². The monoisotopic (exact) mass is 232 g/mol. The van der Waals surface area contributed by atoms with Crippen LogP contribution in [-0.2, 0) is 11.2 Å². The zero-order valence-corrected chi connectivity index (χ0v) is 10.9. The summed E-state index contributed by atoms with van der Waals surface area (Å²) < 4.78 is 0. The van der Waals surface area contributed by atoms with Gasteiger partial charge in [-0.15, -0.1) is 0 Å². The third-order valence-electron chi connectivity index (χ3n) is 3.43. The van der Waals surface area contributed by atoms with Crippen molar-refractivity contribution >= 4 is 17.3 Å². The SMILES string of the molecule is CCc1cccc2c1NC(C(C)C)C(=O)N2C. The minimum Gasteiger partial charge on any atom is -0.372 e. The molecule has 92 valence electrons. The van der Waals surface area contributed by atoms with Crippen LogP contribution in [0.3, 0.4) is 0 Å². The molecule has 0 aliphatic carbocycles. The highest BCUT2D eigenvalue weighted by atomic mass is 16.2. The van der Waals surface area contributed by atoms with E-state index in [9.17, 15) is 4.79 Å². The minimum absolute atomic E-state index is 0.111. The predicted molar refractivity (Wildman–Crippen MR) is 71.5 cm³/mol. The Bertz CT molecular complexity index is 440. The van der Waals surface area contributed by atoms with Crippen molar-refractivity contribution in [2.45, 2.75) is 33.2 Å². The second kappa shape index (κ2) is 4.40. The molecular weight excluding hydrogens is 212 g/mol. The third-order valence-corrected chi connectivity index (χ3v) is 3.43. The molecule has 1 aliphatic rings. The number of amides is 1. The van der Waals surface area contributed by atoms with Crippen LogP contribution in [-0.4, -0.2) is 19.0 Å². The topological polar surface area (TPSA) is 32.3 Å². The van der Waals surface area contributed by atoms with E-state index in [4.69, 9.17) is 0 Å². The molecule has 3 heteroatoms. The van der Waals surface area contributed by atoms with Crippen molar-refractivity contribution in [2.75, 3.05) is 17.3 Å². The van der Waals surface area contributed by atoms with Crippen LogP contribution in [0.1, 0.15) is 26.3 Å². The third kappa shape index (κ3) is 1.90. The first kappa shape index (κ1) is 12.0. The molecule has 1 unspecified atom stereocenters. The zero-order chi connectivity index (χ0) is 12.6. The van der Waals surface area contributed by atoms with Crippen molar-refractivity contribution < 1.29 is 4.79 Å². The van der Waals surface area contributed by atoms with Gasteiger partial charge in [0.25, 0.3) is 0 Å². The zero-order valence-electron chi connectivity index (χ0n) is 10.9. The molecule has 1 heterocycles. The van der Waals surface area contributed by atoms with Crippen molar-refractivity contribution in [3.05, 3.63) is 23.8 Å². The molecule has 1 aromatic rings. The van der Waals surface area contributed by atoms with Crippen LogP contribution in [0.25, 0.3) is 0 Å². The lowest BCUT2D eigenvalue weighted by atomic mass is 9.97. The largest absolute Gasteiger partial charge is 0.372 e. The fourth-order valence-electron chi connectivity index (χ4n) is 2.32. The van der Waals surface area contributed by atoms with E-state index in [1.807, 2.05) is 19.2 Å². The van der Waals surface area contributed by atoms with Gasteiger partial charge < -0.3 is 10.2 Å². The average molecular weight is 232 g/mol. The fourth-order valence-corrected chi connectivity index (χ4v) is 2.32. The molecule has 3 nitrogen and oxygen atoms in total. The van der Waals surface area contributed by atoms with Gasteiger partial charge in [0.2, 0.25) is 5.91 Å². The highest BCUT2D eigenvalue weighted by molar-refractivity contribution is 6.05. The maximum absolute atomic E-state index is 12.2. The van der Waals surface area contributed by atoms with Crippen molar-refractivity contribution in [1.29, 1.82) is 0 Å². The number of para-hydroxylation sites is 1. The van der Waals surface area contributed by atoms with Gasteiger partial charge in [-0.3, -0.25) is 4.79 Å². The number of carbonyl (C=O) groups excluding carboxylic acids is 1. The summed E-state index contributed by atoms with van der Waals surface area (Å²) in [7, 11) is 1.86. The lowest BCUT2D eigenvalue weighted by Crippen LogP contribution is -2.48. The van der Waals surface area contributed by atoms with Crippen LogP contribution in [0.2, 0.25) is 0 Å². The van der Waals surface area contributed by atoms with Gasteiger partial charge >= 0.3 is 0 Å². The molecular formula is C14H20N2O. The Morgan fingerprint density at radius 3 is 2.71 bits per heavy atom. The maximum Gasteiger partial charge on any atom is 0.249 e. The lowest BCUT2D eigenvalue weighted by molar-refractivity contribution is -0.120. The van der Waals surface area contributed by atoms with Gasteiger partial charge in [0, 0.05) is 7.05 Å². The van der Waals surface area contributed by atoms with E-state index in [1.165, 1.54) is 5.56 Å². The standard InChI is InChI=1S/C14H20N2O/c1-5-10-7-6-8-11-13(10)15-12(9(2)3)14(17)16(11)4/h6-9,12,15H,5H2,1-4H3. The average Bonchev–Trinajstić information content (AvgIpc) is 2.32. The van der Waals surface area contributed by atoms with Crippen LogP contribution in [0.15, 0.2) is 18.2 Å². The molecule has 1 aromatic carbocycles. The Hall–Kier alpha value is -1.51. The second-order valence-corrected chi connectivity index (χ2v) is 4.93. The highest BCUT2D eigenvalue weighted by Crippen LogP contribution is 2.35. The Balaban J connectivity index is 2.49. The number of benzene rings is 1. The van der Waals surface area contributed by atoms with E-state index in [0.29, 0.717) is 5.92 Å². The van der Waals surface area contributed by atoms with E-state index in [0.717, 1.165) is 17.8 Å². The molecule has 0 aromatic heterocycles. The molecule has 1 atom stereocenters. The van der Waals surface area contributed by atoms with Crippen LogP contribution >= 0.6 is 0 Å². The first-order valence-electron chi connectivity index (χ1n) is 6.22. The van der Waals surface area contributed by atoms with E-state index >= 15 is 0 Å². The van der Waals surface area contributed by atoms with Crippen molar-refractivity contribution in [2.24, 2.45) is 5.92 Å². The first-order valence-corrected chi connectivity index (χ1v) is 6.22. The molecule has 1 N–H and O–H groups in total. The summed E-state index contributed by atoms with van der Waals surface area (Å²) in [6.45, 7) is 6.28. The number of aryl methyl sites for hydroxylation is 1. The number of fused-ring (bicyclic) bond motifs is 1. The summed E-state index contributed by atoms with van der Waals surface area (Å²) in [5.41, 5.74) is 3.38. The van der Waals surface area contributed by atoms with Gasteiger partial charge in [0.15, 0.2) is 0 Å². The number of hydrogen-bond donors (Lipinski definition) is 1. The molecule has 1 aliphatic heterocycles. The Morgan fingerprint density at radius 2 is 2.12 bits per heavy atom. The molecule has 0 saturated carbocycles. The molecule has 0 spiro atoms. The van der Waals surface area contributed by atoms with Crippen molar-refractivity contribution in [1.82, 2.24) is 0 Å². The Morgan fingerprint density at radius 1 is 1.41 bits per heavy atom. The van der Waals surface area contributed by atoms with E-state index < -0.39 is 0 Å². The van der Waals surface area contributed by atoms with Gasteiger partial charge in [0.05, 0.1) is 11.4 Å².